The predicted octanol–water partition coefficient (Wildman–Crippen LogP) is 1.56. The van der Waals surface area contributed by atoms with Gasteiger partial charge in [-0.05, 0) is 30.3 Å². The highest BCUT2D eigenvalue weighted by Gasteiger charge is 2.29. The Labute approximate surface area is 121 Å². The lowest BCUT2D eigenvalue weighted by atomic mass is 10.1. The van der Waals surface area contributed by atoms with Crippen molar-refractivity contribution in [1.82, 2.24) is 4.98 Å². The van der Waals surface area contributed by atoms with Gasteiger partial charge in [-0.1, -0.05) is 0 Å². The predicted molar refractivity (Wildman–Crippen MR) is 75.8 cm³/mol. The molecule has 0 aliphatic carbocycles. The molecule has 1 unspecified atom stereocenters. The molecule has 6 nitrogen and oxygen atoms in total. The van der Waals surface area contributed by atoms with Crippen LogP contribution in [-0.4, -0.2) is 25.6 Å². The molecule has 1 amide bonds. The first-order chi connectivity index (χ1) is 9.95. The molecule has 0 fully saturated rings. The van der Waals surface area contributed by atoms with Gasteiger partial charge in [0.15, 0.2) is 9.84 Å². The molecule has 2 heterocycles. The summed E-state index contributed by atoms with van der Waals surface area (Å²) in [5.41, 5.74) is 1.04. The Bertz CT molecular complexity index is 803. The number of nitrogens with one attached hydrogen (secondary N) is 1. The molecule has 1 aromatic carbocycles. The quantitative estimate of drug-likeness (QED) is 0.910. The monoisotopic (exact) mass is 304 g/mol. The molecule has 0 spiro atoms. The van der Waals surface area contributed by atoms with E-state index in [2.05, 4.69) is 10.3 Å². The summed E-state index contributed by atoms with van der Waals surface area (Å²) in [6, 6.07) is 7.78. The van der Waals surface area contributed by atoms with Crippen LogP contribution in [0.5, 0.6) is 5.75 Å². The Morgan fingerprint density at radius 1 is 1.19 bits per heavy atom. The second-order valence-corrected chi connectivity index (χ2v) is 6.71. The Morgan fingerprint density at radius 3 is 2.57 bits per heavy atom. The fourth-order valence-electron chi connectivity index (χ4n) is 2.08. The molecule has 0 saturated heterocycles. The number of fused-ring (bicyclic) bond motifs is 1. The van der Waals surface area contributed by atoms with E-state index in [-0.39, 0.29) is 10.8 Å². The van der Waals surface area contributed by atoms with Crippen LogP contribution in [0.25, 0.3) is 0 Å². The second-order valence-electron chi connectivity index (χ2n) is 4.70. The molecular formula is C14H12N2O4S. The molecule has 3 rings (SSSR count). The van der Waals surface area contributed by atoms with E-state index in [0.29, 0.717) is 17.0 Å². The Hall–Kier alpha value is -2.41. The molecule has 1 N–H and O–H groups in total. The van der Waals surface area contributed by atoms with Crippen LogP contribution in [0, 0.1) is 0 Å². The van der Waals surface area contributed by atoms with Crippen molar-refractivity contribution in [3.63, 3.8) is 0 Å². The van der Waals surface area contributed by atoms with Crippen molar-refractivity contribution in [1.29, 1.82) is 0 Å². The average Bonchev–Trinajstić information content (AvgIpc) is 2.46. The van der Waals surface area contributed by atoms with Gasteiger partial charge in [-0.25, -0.2) is 8.42 Å². The van der Waals surface area contributed by atoms with E-state index >= 15 is 0 Å². The van der Waals surface area contributed by atoms with Crippen molar-refractivity contribution in [2.24, 2.45) is 0 Å². The van der Waals surface area contributed by atoms with Gasteiger partial charge in [-0.2, -0.15) is 0 Å². The second kappa shape index (κ2) is 4.85. The number of hydrogen-bond acceptors (Lipinski definition) is 5. The number of benzene rings is 1. The number of carbonyl (C=O) groups is 1. The molecule has 7 heteroatoms. The number of aromatic nitrogens is 1. The molecule has 2 aromatic rings. The third-order valence-corrected chi connectivity index (χ3v) is 4.24. The van der Waals surface area contributed by atoms with Gasteiger partial charge in [0.2, 0.25) is 6.10 Å². The largest absolute Gasteiger partial charge is 0.474 e. The van der Waals surface area contributed by atoms with E-state index in [0.717, 1.165) is 6.26 Å². The van der Waals surface area contributed by atoms with Gasteiger partial charge in [0, 0.05) is 24.2 Å². The minimum Gasteiger partial charge on any atom is -0.474 e. The van der Waals surface area contributed by atoms with E-state index in [4.69, 9.17) is 4.74 Å². The van der Waals surface area contributed by atoms with Crippen molar-refractivity contribution in [3.05, 3.63) is 48.3 Å². The van der Waals surface area contributed by atoms with Crippen LogP contribution in [0.1, 0.15) is 11.7 Å². The van der Waals surface area contributed by atoms with Gasteiger partial charge < -0.3 is 10.1 Å². The van der Waals surface area contributed by atoms with Crippen molar-refractivity contribution >= 4 is 21.4 Å². The topological polar surface area (TPSA) is 85.4 Å². The van der Waals surface area contributed by atoms with E-state index in [1.54, 1.807) is 30.6 Å². The van der Waals surface area contributed by atoms with Crippen molar-refractivity contribution in [2.45, 2.75) is 11.0 Å². The number of rotatable bonds is 2. The fourth-order valence-corrected chi connectivity index (χ4v) is 2.72. The molecule has 1 aliphatic rings. The number of anilines is 1. The summed E-state index contributed by atoms with van der Waals surface area (Å²) in [6.07, 6.45) is 3.49. The minimum absolute atomic E-state index is 0.132. The van der Waals surface area contributed by atoms with Gasteiger partial charge in [0.25, 0.3) is 5.91 Å². The number of ether oxygens (including phenoxy) is 1. The lowest BCUT2D eigenvalue weighted by molar-refractivity contribution is -0.123. The maximum atomic E-state index is 12.1. The zero-order valence-corrected chi connectivity index (χ0v) is 11.9. The zero-order chi connectivity index (χ0) is 15.0. The fraction of sp³-hybridized carbons (Fsp3) is 0.143. The SMILES string of the molecule is CS(=O)(=O)c1ccc2c(c1)NC(=O)C(c1ccncc1)O2. The van der Waals surface area contributed by atoms with E-state index in [1.165, 1.54) is 12.1 Å². The first-order valence-electron chi connectivity index (χ1n) is 6.17. The highest BCUT2D eigenvalue weighted by Crippen LogP contribution is 2.36. The van der Waals surface area contributed by atoms with Crippen LogP contribution < -0.4 is 10.1 Å². The van der Waals surface area contributed by atoms with Gasteiger partial charge in [-0.3, -0.25) is 9.78 Å². The summed E-state index contributed by atoms with van der Waals surface area (Å²) < 4.78 is 28.7. The van der Waals surface area contributed by atoms with E-state index in [1.807, 2.05) is 0 Å². The first-order valence-corrected chi connectivity index (χ1v) is 8.06. The van der Waals surface area contributed by atoms with E-state index in [9.17, 15) is 13.2 Å². The van der Waals surface area contributed by atoms with Crippen molar-refractivity contribution < 1.29 is 17.9 Å². The smallest absolute Gasteiger partial charge is 0.270 e. The Morgan fingerprint density at radius 2 is 1.90 bits per heavy atom. The molecule has 0 saturated carbocycles. The first kappa shape index (κ1) is 13.6. The Kier molecular flexibility index (Phi) is 3.13. The van der Waals surface area contributed by atoms with Crippen LogP contribution in [0.4, 0.5) is 5.69 Å². The number of nitrogens with zero attached hydrogens (tertiary/aromatic N) is 1. The number of carbonyl (C=O) groups excluding carboxylic acids is 1. The molecule has 0 bridgehead atoms. The summed E-state index contributed by atoms with van der Waals surface area (Å²) in [5, 5.41) is 2.67. The van der Waals surface area contributed by atoms with Crippen LogP contribution >= 0.6 is 0 Å². The average molecular weight is 304 g/mol. The minimum atomic E-state index is -3.33. The van der Waals surface area contributed by atoms with Crippen molar-refractivity contribution in [2.75, 3.05) is 11.6 Å². The molecule has 1 atom stereocenters. The molecule has 0 radical (unpaired) electrons. The van der Waals surface area contributed by atoms with Crippen molar-refractivity contribution in [3.8, 4) is 5.75 Å². The number of pyridine rings is 1. The molecule has 108 valence electrons. The van der Waals surface area contributed by atoms with Crippen LogP contribution in [0.2, 0.25) is 0 Å². The van der Waals surface area contributed by atoms with Gasteiger partial charge in [0.05, 0.1) is 10.6 Å². The van der Waals surface area contributed by atoms with Crippen LogP contribution in [0.15, 0.2) is 47.6 Å². The highest BCUT2D eigenvalue weighted by atomic mass is 32.2. The lowest BCUT2D eigenvalue weighted by Crippen LogP contribution is -2.30. The summed E-state index contributed by atoms with van der Waals surface area (Å²) in [4.78, 5) is 16.1. The summed E-state index contributed by atoms with van der Waals surface area (Å²) in [5.74, 6) is 0.0863. The summed E-state index contributed by atoms with van der Waals surface area (Å²) >= 11 is 0. The van der Waals surface area contributed by atoms with E-state index < -0.39 is 15.9 Å². The standard InChI is InChI=1S/C14H12N2O4S/c1-21(18,19)10-2-3-12-11(8-10)16-14(17)13(20-12)9-4-6-15-7-5-9/h2-8,13H,1H3,(H,16,17). The normalized spacial score (nSPS) is 17.6. The molecule has 21 heavy (non-hydrogen) atoms. The zero-order valence-electron chi connectivity index (χ0n) is 11.1. The van der Waals surface area contributed by atoms with Gasteiger partial charge >= 0.3 is 0 Å². The maximum Gasteiger partial charge on any atom is 0.270 e. The number of sulfone groups is 1. The molecule has 1 aromatic heterocycles. The van der Waals surface area contributed by atoms with Gasteiger partial charge in [-0.15, -0.1) is 0 Å². The summed E-state index contributed by atoms with van der Waals surface area (Å²) in [7, 11) is -3.33. The summed E-state index contributed by atoms with van der Waals surface area (Å²) in [6.45, 7) is 0. The Balaban J connectivity index is 1.98. The molecule has 1 aliphatic heterocycles. The third kappa shape index (κ3) is 2.59. The maximum absolute atomic E-state index is 12.1. The number of amides is 1. The highest BCUT2D eigenvalue weighted by molar-refractivity contribution is 7.90. The molecular weight excluding hydrogens is 292 g/mol. The lowest BCUT2D eigenvalue weighted by Gasteiger charge is -2.26. The van der Waals surface area contributed by atoms with Gasteiger partial charge in [0.1, 0.15) is 5.75 Å². The van der Waals surface area contributed by atoms with Crippen LogP contribution in [0.3, 0.4) is 0 Å². The van der Waals surface area contributed by atoms with Crippen LogP contribution in [-0.2, 0) is 14.6 Å². The number of hydrogen-bond donors (Lipinski definition) is 1. The third-order valence-electron chi connectivity index (χ3n) is 3.13.